The van der Waals surface area contributed by atoms with Gasteiger partial charge < -0.3 is 30.2 Å². The molecule has 0 fully saturated rings. The van der Waals surface area contributed by atoms with Crippen LogP contribution in [0.15, 0.2) is 97.1 Å². The second kappa shape index (κ2) is 17.1. The standard InChI is InChI=1S/C40H56N6/c1-43(2)35-21-13-31(14-22-35)39(32-15-23-36(24-16-32)44(3)4)41-29-11-9-10-12-30-42-40(33-17-25-37(26-18-33)45(5)6)34-19-27-38(28-20-34)46(7)8/h13-28,39-42H,9-12,29-30H2,1-8H3. The summed E-state index contributed by atoms with van der Waals surface area (Å²) >= 11 is 0. The van der Waals surface area contributed by atoms with E-state index in [0.29, 0.717) is 0 Å². The van der Waals surface area contributed by atoms with Crippen LogP contribution in [0.25, 0.3) is 0 Å². The zero-order chi connectivity index (χ0) is 33.1. The minimum absolute atomic E-state index is 0.174. The van der Waals surface area contributed by atoms with Crippen molar-refractivity contribution in [3.05, 3.63) is 119 Å². The van der Waals surface area contributed by atoms with E-state index in [1.807, 2.05) is 0 Å². The molecule has 0 aromatic heterocycles. The Bertz CT molecular complexity index is 1210. The second-order valence-corrected chi connectivity index (χ2v) is 13.1. The van der Waals surface area contributed by atoms with Gasteiger partial charge in [0.25, 0.3) is 0 Å². The zero-order valence-corrected chi connectivity index (χ0v) is 29.4. The maximum Gasteiger partial charge on any atom is 0.0576 e. The zero-order valence-electron chi connectivity index (χ0n) is 29.4. The van der Waals surface area contributed by atoms with Crippen LogP contribution in [0.2, 0.25) is 0 Å². The summed E-state index contributed by atoms with van der Waals surface area (Å²) in [5.74, 6) is 0. The van der Waals surface area contributed by atoms with Gasteiger partial charge in [-0.25, -0.2) is 0 Å². The third kappa shape index (κ3) is 9.75. The highest BCUT2D eigenvalue weighted by Crippen LogP contribution is 2.28. The highest BCUT2D eigenvalue weighted by molar-refractivity contribution is 5.52. The van der Waals surface area contributed by atoms with E-state index in [-0.39, 0.29) is 12.1 Å². The molecule has 0 aliphatic heterocycles. The Labute approximate surface area is 279 Å². The normalized spacial score (nSPS) is 11.3. The van der Waals surface area contributed by atoms with E-state index < -0.39 is 0 Å². The SMILES string of the molecule is CN(C)c1ccc(C(NCCCCCCNC(c2ccc(N(C)C)cc2)c2ccc(N(C)C)cc2)c2ccc(N(C)C)cc2)cc1. The first-order valence-electron chi connectivity index (χ1n) is 16.7. The maximum atomic E-state index is 3.88. The maximum absolute atomic E-state index is 3.88. The van der Waals surface area contributed by atoms with E-state index in [2.05, 4.69) is 184 Å². The first-order chi connectivity index (χ1) is 22.1. The summed E-state index contributed by atoms with van der Waals surface area (Å²) in [7, 11) is 16.7. The molecule has 4 aromatic rings. The summed E-state index contributed by atoms with van der Waals surface area (Å²) in [5.41, 5.74) is 10.1. The Morgan fingerprint density at radius 1 is 0.348 bits per heavy atom. The average molecular weight is 621 g/mol. The van der Waals surface area contributed by atoms with Crippen molar-refractivity contribution in [3.8, 4) is 0 Å². The molecule has 0 saturated carbocycles. The second-order valence-electron chi connectivity index (χ2n) is 13.1. The average Bonchev–Trinajstić information content (AvgIpc) is 3.06. The smallest absolute Gasteiger partial charge is 0.0576 e. The van der Waals surface area contributed by atoms with Crippen molar-refractivity contribution in [2.24, 2.45) is 0 Å². The number of anilines is 4. The number of hydrogen-bond acceptors (Lipinski definition) is 6. The Morgan fingerprint density at radius 2 is 0.565 bits per heavy atom. The number of nitrogens with zero attached hydrogens (tertiary/aromatic N) is 4. The number of hydrogen-bond donors (Lipinski definition) is 2. The highest BCUT2D eigenvalue weighted by atomic mass is 15.1. The van der Waals surface area contributed by atoms with Crippen LogP contribution in [0.3, 0.4) is 0 Å². The van der Waals surface area contributed by atoms with Gasteiger partial charge >= 0.3 is 0 Å². The lowest BCUT2D eigenvalue weighted by molar-refractivity contribution is 0.525. The molecule has 0 aliphatic carbocycles. The molecule has 2 N–H and O–H groups in total. The fourth-order valence-corrected chi connectivity index (χ4v) is 5.81. The van der Waals surface area contributed by atoms with Gasteiger partial charge in [0.1, 0.15) is 0 Å². The molecule has 0 aliphatic rings. The third-order valence-electron chi connectivity index (χ3n) is 8.77. The molecule has 0 heterocycles. The molecular weight excluding hydrogens is 564 g/mol. The monoisotopic (exact) mass is 620 g/mol. The number of unbranched alkanes of at least 4 members (excludes halogenated alkanes) is 3. The van der Waals surface area contributed by atoms with Crippen LogP contribution in [-0.4, -0.2) is 69.5 Å². The molecule has 46 heavy (non-hydrogen) atoms. The molecule has 0 unspecified atom stereocenters. The molecule has 6 nitrogen and oxygen atoms in total. The van der Waals surface area contributed by atoms with Gasteiger partial charge in [-0.1, -0.05) is 61.4 Å². The van der Waals surface area contributed by atoms with Crippen molar-refractivity contribution in [3.63, 3.8) is 0 Å². The van der Waals surface area contributed by atoms with E-state index in [1.165, 1.54) is 57.8 Å². The van der Waals surface area contributed by atoms with E-state index in [0.717, 1.165) is 25.9 Å². The van der Waals surface area contributed by atoms with Gasteiger partial charge in [-0.3, -0.25) is 0 Å². The van der Waals surface area contributed by atoms with Crippen LogP contribution in [0.1, 0.15) is 60.0 Å². The van der Waals surface area contributed by atoms with Crippen LogP contribution in [-0.2, 0) is 0 Å². The van der Waals surface area contributed by atoms with Crippen molar-refractivity contribution >= 4 is 22.7 Å². The topological polar surface area (TPSA) is 37.0 Å². The van der Waals surface area contributed by atoms with Crippen LogP contribution >= 0.6 is 0 Å². The molecule has 0 saturated heterocycles. The summed E-state index contributed by atoms with van der Waals surface area (Å²) in [5, 5.41) is 7.75. The summed E-state index contributed by atoms with van der Waals surface area (Å²) in [6.45, 7) is 1.98. The van der Waals surface area contributed by atoms with Gasteiger partial charge in [0.15, 0.2) is 0 Å². The quantitative estimate of drug-likeness (QED) is 0.119. The Kier molecular flexibility index (Phi) is 12.9. The van der Waals surface area contributed by atoms with Gasteiger partial charge in [-0.15, -0.1) is 0 Å². The van der Waals surface area contributed by atoms with Crippen LogP contribution in [0, 0.1) is 0 Å². The number of benzene rings is 4. The molecule has 4 aromatic carbocycles. The predicted molar refractivity (Wildman–Crippen MR) is 201 cm³/mol. The molecule has 0 spiro atoms. The molecule has 0 amide bonds. The number of nitrogens with one attached hydrogen (secondary N) is 2. The summed E-state index contributed by atoms with van der Waals surface area (Å²) < 4.78 is 0. The summed E-state index contributed by atoms with van der Waals surface area (Å²) in [4.78, 5) is 8.60. The van der Waals surface area contributed by atoms with Crippen LogP contribution in [0.5, 0.6) is 0 Å². The Hall–Kier alpha value is -4.00. The van der Waals surface area contributed by atoms with Gasteiger partial charge in [-0.05, 0) is 96.7 Å². The summed E-state index contributed by atoms with van der Waals surface area (Å²) in [6, 6.07) is 36.1. The molecule has 0 bridgehead atoms. The first-order valence-corrected chi connectivity index (χ1v) is 16.7. The largest absolute Gasteiger partial charge is 0.378 e. The third-order valence-corrected chi connectivity index (χ3v) is 8.77. The molecule has 0 atom stereocenters. The summed E-state index contributed by atoms with van der Waals surface area (Å²) in [6.07, 6.45) is 4.73. The van der Waals surface area contributed by atoms with Crippen molar-refractivity contribution in [1.29, 1.82) is 0 Å². The van der Waals surface area contributed by atoms with Gasteiger partial charge in [-0.2, -0.15) is 0 Å². The lowest BCUT2D eigenvalue weighted by atomic mass is 9.97. The van der Waals surface area contributed by atoms with Gasteiger partial charge in [0.05, 0.1) is 12.1 Å². The first kappa shape index (κ1) is 34.9. The molecule has 246 valence electrons. The van der Waals surface area contributed by atoms with Crippen molar-refractivity contribution in [2.75, 3.05) is 89.1 Å². The van der Waals surface area contributed by atoms with E-state index in [4.69, 9.17) is 0 Å². The van der Waals surface area contributed by atoms with Crippen molar-refractivity contribution in [2.45, 2.75) is 37.8 Å². The van der Waals surface area contributed by atoms with Crippen LogP contribution < -0.4 is 30.2 Å². The Morgan fingerprint density at radius 3 is 0.761 bits per heavy atom. The van der Waals surface area contributed by atoms with E-state index in [1.54, 1.807) is 0 Å². The Balaban J connectivity index is 1.31. The van der Waals surface area contributed by atoms with Crippen molar-refractivity contribution < 1.29 is 0 Å². The van der Waals surface area contributed by atoms with E-state index >= 15 is 0 Å². The molecule has 0 radical (unpaired) electrons. The lowest BCUT2D eigenvalue weighted by Gasteiger charge is -2.23. The van der Waals surface area contributed by atoms with E-state index in [9.17, 15) is 0 Å². The van der Waals surface area contributed by atoms with Crippen LogP contribution in [0.4, 0.5) is 22.7 Å². The fourth-order valence-electron chi connectivity index (χ4n) is 5.81. The minimum Gasteiger partial charge on any atom is -0.378 e. The number of rotatable bonds is 17. The predicted octanol–water partition coefficient (Wildman–Crippen LogP) is 7.57. The van der Waals surface area contributed by atoms with Crippen molar-refractivity contribution in [1.82, 2.24) is 10.6 Å². The minimum atomic E-state index is 0.174. The molecule has 4 rings (SSSR count). The lowest BCUT2D eigenvalue weighted by Crippen LogP contribution is -2.24. The van der Waals surface area contributed by atoms with Gasteiger partial charge in [0.2, 0.25) is 0 Å². The van der Waals surface area contributed by atoms with Gasteiger partial charge in [0, 0.05) is 79.1 Å². The highest BCUT2D eigenvalue weighted by Gasteiger charge is 2.16. The molecule has 6 heteroatoms. The molecular formula is C40H56N6. The fraction of sp³-hybridized carbons (Fsp3) is 0.400.